The fourth-order valence-electron chi connectivity index (χ4n) is 2.55. The van der Waals surface area contributed by atoms with Gasteiger partial charge in [-0.2, -0.15) is 0 Å². The molecule has 0 atom stereocenters. The van der Waals surface area contributed by atoms with Crippen LogP contribution in [0.3, 0.4) is 0 Å². The van der Waals surface area contributed by atoms with Gasteiger partial charge in [0.2, 0.25) is 0 Å². The van der Waals surface area contributed by atoms with Crippen LogP contribution in [0, 0.1) is 0 Å². The molecule has 1 rings (SSSR count). The average Bonchev–Trinajstić information content (AvgIpc) is 2.17. The van der Waals surface area contributed by atoms with Crippen molar-refractivity contribution in [3.05, 3.63) is 0 Å². The fourth-order valence-corrected chi connectivity index (χ4v) is 8.38. The summed E-state index contributed by atoms with van der Waals surface area (Å²) in [4.78, 5) is 0. The molecule has 0 N–H and O–H groups in total. The van der Waals surface area contributed by atoms with Gasteiger partial charge >= 0.3 is 87.8 Å². The molecule has 0 spiro atoms. The number of rotatable bonds is 4. The SMILES string of the molecule is CCCCP1(Cl)(CC)CCCCC1. The summed E-state index contributed by atoms with van der Waals surface area (Å²) in [6.07, 6.45) is 12.3. The van der Waals surface area contributed by atoms with E-state index in [-0.39, 0.29) is 0 Å². The first kappa shape index (κ1) is 11.8. The Kier molecular flexibility index (Phi) is 4.08. The van der Waals surface area contributed by atoms with Gasteiger partial charge in [-0.15, -0.1) is 0 Å². The van der Waals surface area contributed by atoms with Gasteiger partial charge in [0.1, 0.15) is 0 Å². The molecule has 0 radical (unpaired) electrons. The molecular formula is C11H24ClP. The number of halogens is 1. The Morgan fingerprint density at radius 3 is 2.15 bits per heavy atom. The number of hydrogen-bond acceptors (Lipinski definition) is 0. The normalized spacial score (nSPS) is 29.0. The third kappa shape index (κ3) is 2.83. The summed E-state index contributed by atoms with van der Waals surface area (Å²) in [6.45, 7) is 4.60. The van der Waals surface area contributed by atoms with E-state index in [1.54, 1.807) is 0 Å². The molecule has 0 nitrogen and oxygen atoms in total. The van der Waals surface area contributed by atoms with Gasteiger partial charge in [0.05, 0.1) is 0 Å². The maximum atomic E-state index is 7.03. The standard InChI is InChI=1S/C11H24ClP/c1-3-5-9-13(12,4-2)10-7-6-8-11-13/h3-11H2,1-2H3. The van der Waals surface area contributed by atoms with Crippen molar-refractivity contribution in [3.8, 4) is 0 Å². The Hall–Kier alpha value is 0.720. The minimum atomic E-state index is -1.67. The van der Waals surface area contributed by atoms with Crippen molar-refractivity contribution in [3.63, 3.8) is 0 Å². The van der Waals surface area contributed by atoms with Gasteiger partial charge in [-0.3, -0.25) is 0 Å². The molecule has 0 aromatic heterocycles. The molecule has 0 bridgehead atoms. The van der Waals surface area contributed by atoms with E-state index >= 15 is 0 Å². The van der Waals surface area contributed by atoms with E-state index in [4.69, 9.17) is 11.2 Å². The van der Waals surface area contributed by atoms with Crippen molar-refractivity contribution in [1.29, 1.82) is 0 Å². The van der Waals surface area contributed by atoms with Crippen LogP contribution in [-0.4, -0.2) is 24.6 Å². The van der Waals surface area contributed by atoms with E-state index < -0.39 is 5.96 Å². The Bertz CT molecular complexity index is 161. The molecule has 0 aliphatic carbocycles. The van der Waals surface area contributed by atoms with Crippen LogP contribution in [0.25, 0.3) is 0 Å². The van der Waals surface area contributed by atoms with Crippen LogP contribution in [0.15, 0.2) is 0 Å². The zero-order chi connectivity index (χ0) is 9.81. The van der Waals surface area contributed by atoms with E-state index in [1.165, 1.54) is 56.8 Å². The van der Waals surface area contributed by atoms with Crippen LogP contribution in [-0.2, 0) is 0 Å². The van der Waals surface area contributed by atoms with Crippen LogP contribution in [0.5, 0.6) is 0 Å². The van der Waals surface area contributed by atoms with E-state index in [1.807, 2.05) is 0 Å². The average molecular weight is 223 g/mol. The van der Waals surface area contributed by atoms with Crippen molar-refractivity contribution in [2.75, 3.05) is 24.6 Å². The monoisotopic (exact) mass is 222 g/mol. The van der Waals surface area contributed by atoms with E-state index in [0.29, 0.717) is 0 Å². The third-order valence-electron chi connectivity index (χ3n) is 3.79. The molecule has 0 aromatic rings. The van der Waals surface area contributed by atoms with Gasteiger partial charge < -0.3 is 0 Å². The molecule has 1 aliphatic rings. The van der Waals surface area contributed by atoms with Crippen molar-refractivity contribution < 1.29 is 0 Å². The summed E-state index contributed by atoms with van der Waals surface area (Å²) in [5, 5.41) is 0. The van der Waals surface area contributed by atoms with Crippen molar-refractivity contribution in [1.82, 2.24) is 0 Å². The van der Waals surface area contributed by atoms with Crippen molar-refractivity contribution in [2.24, 2.45) is 0 Å². The first-order valence-electron chi connectivity index (χ1n) is 5.85. The molecule has 0 amide bonds. The Morgan fingerprint density at radius 2 is 1.69 bits per heavy atom. The molecule has 0 saturated carbocycles. The predicted molar refractivity (Wildman–Crippen MR) is 66.7 cm³/mol. The van der Waals surface area contributed by atoms with Gasteiger partial charge in [0, 0.05) is 0 Å². The van der Waals surface area contributed by atoms with Gasteiger partial charge in [-0.25, -0.2) is 0 Å². The molecule has 2 heteroatoms. The summed E-state index contributed by atoms with van der Waals surface area (Å²) in [5.74, 6) is -1.67. The molecule has 80 valence electrons. The van der Waals surface area contributed by atoms with Gasteiger partial charge in [0.15, 0.2) is 0 Å². The Labute approximate surface area is 88.1 Å². The zero-order valence-electron chi connectivity index (χ0n) is 9.19. The first-order chi connectivity index (χ1) is 6.13. The van der Waals surface area contributed by atoms with Crippen LogP contribution < -0.4 is 0 Å². The van der Waals surface area contributed by atoms with Gasteiger partial charge in [0.25, 0.3) is 0 Å². The molecule has 1 saturated heterocycles. The Balaban J connectivity index is 2.62. The molecule has 13 heavy (non-hydrogen) atoms. The summed E-state index contributed by atoms with van der Waals surface area (Å²) < 4.78 is 0. The van der Waals surface area contributed by atoms with Crippen LogP contribution in [0.4, 0.5) is 0 Å². The summed E-state index contributed by atoms with van der Waals surface area (Å²) >= 11 is 7.03. The number of unbranched alkanes of at least 4 members (excludes halogenated alkanes) is 1. The van der Waals surface area contributed by atoms with Crippen LogP contribution in [0.2, 0.25) is 0 Å². The second kappa shape index (κ2) is 4.49. The molecule has 1 aliphatic heterocycles. The molecular weight excluding hydrogens is 199 g/mol. The van der Waals surface area contributed by atoms with Gasteiger partial charge in [-0.1, -0.05) is 0 Å². The van der Waals surface area contributed by atoms with Crippen molar-refractivity contribution >= 4 is 17.2 Å². The van der Waals surface area contributed by atoms with E-state index in [9.17, 15) is 0 Å². The first-order valence-corrected chi connectivity index (χ1v) is 9.73. The van der Waals surface area contributed by atoms with Gasteiger partial charge in [-0.05, 0) is 0 Å². The predicted octanol–water partition coefficient (Wildman–Crippen LogP) is 4.70. The second-order valence-corrected chi connectivity index (χ2v) is 13.2. The topological polar surface area (TPSA) is 0 Å². The summed E-state index contributed by atoms with van der Waals surface area (Å²) in [5.41, 5.74) is 0. The third-order valence-corrected chi connectivity index (χ3v) is 11.9. The number of hydrogen-bond donors (Lipinski definition) is 0. The zero-order valence-corrected chi connectivity index (χ0v) is 10.8. The van der Waals surface area contributed by atoms with Crippen molar-refractivity contribution in [2.45, 2.75) is 46.0 Å². The Morgan fingerprint density at radius 1 is 1.08 bits per heavy atom. The van der Waals surface area contributed by atoms with E-state index in [0.717, 1.165) is 0 Å². The molecule has 0 unspecified atom stereocenters. The van der Waals surface area contributed by atoms with Crippen LogP contribution >= 0.6 is 17.2 Å². The molecule has 1 fully saturated rings. The quantitative estimate of drug-likeness (QED) is 0.605. The minimum absolute atomic E-state index is 1.28. The fraction of sp³-hybridized carbons (Fsp3) is 1.00. The van der Waals surface area contributed by atoms with E-state index in [2.05, 4.69) is 13.8 Å². The maximum absolute atomic E-state index is 7.03. The molecule has 1 heterocycles. The summed E-state index contributed by atoms with van der Waals surface area (Å²) in [6, 6.07) is 0. The second-order valence-electron chi connectivity index (χ2n) is 4.72. The van der Waals surface area contributed by atoms with Crippen LogP contribution in [0.1, 0.15) is 46.0 Å². The molecule has 0 aromatic carbocycles. The summed E-state index contributed by atoms with van der Waals surface area (Å²) in [7, 11) is 0.